The maximum absolute atomic E-state index is 10.1. The summed E-state index contributed by atoms with van der Waals surface area (Å²) < 4.78 is 0. The lowest BCUT2D eigenvalue weighted by Crippen LogP contribution is -2.36. The van der Waals surface area contributed by atoms with E-state index in [-0.39, 0.29) is 0 Å². The molecule has 0 bridgehead atoms. The van der Waals surface area contributed by atoms with Gasteiger partial charge in [0, 0.05) is 6.61 Å². The first-order valence-corrected chi connectivity index (χ1v) is 11.4. The Morgan fingerprint density at radius 2 is 1.86 bits per heavy atom. The summed E-state index contributed by atoms with van der Waals surface area (Å²) >= 11 is 0. The van der Waals surface area contributed by atoms with E-state index in [1.807, 2.05) is 0 Å². The minimum atomic E-state index is -0.611. The Morgan fingerprint density at radius 1 is 1.14 bits per heavy atom. The van der Waals surface area contributed by atoms with Crippen LogP contribution in [0.5, 0.6) is 0 Å². The van der Waals surface area contributed by atoms with Crippen molar-refractivity contribution in [3.05, 3.63) is 35.5 Å². The number of allylic oxidation sites excluding steroid dienone is 3. The Morgan fingerprint density at radius 3 is 2.54 bits per heavy atom. The third-order valence-electron chi connectivity index (χ3n) is 8.09. The molecule has 158 valence electrons. The first-order chi connectivity index (χ1) is 13.4. The van der Waals surface area contributed by atoms with E-state index in [0.29, 0.717) is 36.4 Å². The highest BCUT2D eigenvalue weighted by Crippen LogP contribution is 2.59. The molecule has 0 saturated heterocycles. The van der Waals surface area contributed by atoms with Crippen molar-refractivity contribution in [2.75, 3.05) is 6.61 Å². The van der Waals surface area contributed by atoms with Crippen molar-refractivity contribution >= 4 is 0 Å². The second-order valence-electron chi connectivity index (χ2n) is 9.87. The van der Waals surface area contributed by atoms with Gasteiger partial charge >= 0.3 is 0 Å². The number of hydrogen-bond acceptors (Lipinski definition) is 3. The van der Waals surface area contributed by atoms with Gasteiger partial charge in [-0.15, -0.1) is 0 Å². The van der Waals surface area contributed by atoms with Crippen LogP contribution < -0.4 is 0 Å². The summed E-state index contributed by atoms with van der Waals surface area (Å²) in [5.41, 5.74) is 3.68. The molecule has 3 aliphatic rings. The molecule has 1 unspecified atom stereocenters. The van der Waals surface area contributed by atoms with Gasteiger partial charge in [0.05, 0.1) is 12.2 Å². The number of aliphatic hydroxyl groups is 3. The number of fused-ring (bicyclic) bond motifs is 1. The van der Waals surface area contributed by atoms with Gasteiger partial charge in [-0.1, -0.05) is 56.6 Å². The van der Waals surface area contributed by atoms with Gasteiger partial charge in [0.1, 0.15) is 0 Å². The number of rotatable bonds is 6. The number of hydrogen-bond donors (Lipinski definition) is 3. The molecule has 3 heteroatoms. The first kappa shape index (κ1) is 21.8. The molecule has 0 radical (unpaired) electrons. The van der Waals surface area contributed by atoms with Crippen LogP contribution in [0.1, 0.15) is 78.1 Å². The van der Waals surface area contributed by atoms with Crippen molar-refractivity contribution in [1.82, 2.24) is 0 Å². The normalized spacial score (nSPS) is 38.5. The molecule has 0 aliphatic heterocycles. The lowest BCUT2D eigenvalue weighted by atomic mass is 9.60. The van der Waals surface area contributed by atoms with Crippen LogP contribution in [0.4, 0.5) is 0 Å². The van der Waals surface area contributed by atoms with E-state index in [2.05, 4.69) is 32.6 Å². The topological polar surface area (TPSA) is 60.7 Å². The summed E-state index contributed by atoms with van der Waals surface area (Å²) in [6.07, 6.45) is 14.2. The minimum absolute atomic E-state index is 0.315. The Bertz CT molecular complexity index is 603. The first-order valence-electron chi connectivity index (χ1n) is 11.4. The highest BCUT2D eigenvalue weighted by Gasteiger charge is 2.50. The van der Waals surface area contributed by atoms with E-state index in [1.165, 1.54) is 38.5 Å². The average molecular weight is 389 g/mol. The van der Waals surface area contributed by atoms with Crippen molar-refractivity contribution in [3.8, 4) is 0 Å². The van der Waals surface area contributed by atoms with E-state index >= 15 is 0 Å². The van der Waals surface area contributed by atoms with Gasteiger partial charge in [-0.25, -0.2) is 0 Å². The summed E-state index contributed by atoms with van der Waals surface area (Å²) in [5, 5.41) is 29.3. The second-order valence-corrected chi connectivity index (χ2v) is 9.87. The quantitative estimate of drug-likeness (QED) is 0.447. The summed E-state index contributed by atoms with van der Waals surface area (Å²) in [6, 6.07) is 0. The largest absolute Gasteiger partial charge is 0.396 e. The lowest BCUT2D eigenvalue weighted by molar-refractivity contribution is 0.0925. The number of unbranched alkanes of at least 4 members (excludes halogenated alkanes) is 1. The summed E-state index contributed by atoms with van der Waals surface area (Å²) in [5.74, 6) is 2.19. The van der Waals surface area contributed by atoms with Crippen LogP contribution in [-0.2, 0) is 0 Å². The standard InChI is InChI=1S/C25H40O3/c1-17(7-4-5-14-26)21-11-12-22-20(8-6-13-25(21,22)3)10-9-19-15-23(27)18(2)24(28)16-19/h9-10,17,21-24,26-28H,2,4-8,11-16H2,1,3H3/b20-10+/t17-,21?,22-,23+,24+,25+/m0/s1. The molecule has 28 heavy (non-hydrogen) atoms. The molecule has 3 nitrogen and oxygen atoms in total. The van der Waals surface area contributed by atoms with Crippen LogP contribution in [0, 0.1) is 23.2 Å². The summed E-state index contributed by atoms with van der Waals surface area (Å²) in [7, 11) is 0. The molecule has 3 saturated carbocycles. The Balaban J connectivity index is 1.70. The molecular formula is C25H40O3. The van der Waals surface area contributed by atoms with Crippen LogP contribution in [0.15, 0.2) is 35.5 Å². The van der Waals surface area contributed by atoms with Crippen LogP contribution in [-0.4, -0.2) is 34.1 Å². The molecule has 3 aliphatic carbocycles. The lowest BCUT2D eigenvalue weighted by Gasteiger charge is -2.44. The van der Waals surface area contributed by atoms with Gasteiger partial charge in [-0.3, -0.25) is 0 Å². The molecule has 0 aromatic carbocycles. The summed E-state index contributed by atoms with van der Waals surface area (Å²) in [4.78, 5) is 0. The molecule has 0 heterocycles. The van der Waals surface area contributed by atoms with Crippen LogP contribution in [0.25, 0.3) is 0 Å². The van der Waals surface area contributed by atoms with Gasteiger partial charge in [0.2, 0.25) is 0 Å². The van der Waals surface area contributed by atoms with Gasteiger partial charge in [0.15, 0.2) is 0 Å². The zero-order valence-electron chi connectivity index (χ0n) is 17.9. The van der Waals surface area contributed by atoms with Crippen LogP contribution in [0.2, 0.25) is 0 Å². The monoisotopic (exact) mass is 388 g/mol. The molecule has 3 fully saturated rings. The van der Waals surface area contributed by atoms with Crippen molar-refractivity contribution < 1.29 is 15.3 Å². The third kappa shape index (κ3) is 4.47. The van der Waals surface area contributed by atoms with Crippen molar-refractivity contribution in [3.63, 3.8) is 0 Å². The maximum atomic E-state index is 10.1. The predicted molar refractivity (Wildman–Crippen MR) is 115 cm³/mol. The SMILES string of the molecule is C=C1[C@H](O)CC(=C/C=C2\CCC[C@]3(C)C([C@@H](C)CCCCO)CC[C@@H]23)C[C@H]1O. The van der Waals surface area contributed by atoms with Gasteiger partial charge in [-0.2, -0.15) is 0 Å². The van der Waals surface area contributed by atoms with E-state index in [0.717, 1.165) is 30.3 Å². The average Bonchev–Trinajstić information content (AvgIpc) is 3.02. The van der Waals surface area contributed by atoms with E-state index < -0.39 is 12.2 Å². The van der Waals surface area contributed by atoms with Gasteiger partial charge < -0.3 is 15.3 Å². The van der Waals surface area contributed by atoms with Gasteiger partial charge in [-0.05, 0) is 80.1 Å². The fourth-order valence-electron chi connectivity index (χ4n) is 6.42. The fraction of sp³-hybridized carbons (Fsp3) is 0.760. The molecular weight excluding hydrogens is 348 g/mol. The zero-order valence-corrected chi connectivity index (χ0v) is 17.9. The Hall–Kier alpha value is -0.900. The molecule has 3 N–H and O–H groups in total. The Labute approximate surface area is 171 Å². The highest BCUT2D eigenvalue weighted by atomic mass is 16.3. The number of aliphatic hydroxyl groups excluding tert-OH is 3. The second kappa shape index (κ2) is 9.28. The molecule has 0 amide bonds. The maximum Gasteiger partial charge on any atom is 0.0809 e. The molecule has 0 spiro atoms. The van der Waals surface area contributed by atoms with Crippen LogP contribution in [0.3, 0.4) is 0 Å². The summed E-state index contributed by atoms with van der Waals surface area (Å²) in [6.45, 7) is 9.07. The smallest absolute Gasteiger partial charge is 0.0809 e. The van der Waals surface area contributed by atoms with Crippen molar-refractivity contribution in [2.24, 2.45) is 23.2 Å². The predicted octanol–water partition coefficient (Wildman–Crippen LogP) is 4.93. The molecule has 6 atom stereocenters. The van der Waals surface area contributed by atoms with Crippen molar-refractivity contribution in [2.45, 2.75) is 90.3 Å². The zero-order chi connectivity index (χ0) is 20.3. The molecule has 3 rings (SSSR count). The van der Waals surface area contributed by atoms with E-state index in [9.17, 15) is 10.2 Å². The van der Waals surface area contributed by atoms with Crippen LogP contribution >= 0.6 is 0 Å². The highest BCUT2D eigenvalue weighted by molar-refractivity contribution is 5.29. The van der Waals surface area contributed by atoms with Crippen molar-refractivity contribution in [1.29, 1.82) is 0 Å². The molecule has 0 aromatic heterocycles. The van der Waals surface area contributed by atoms with E-state index in [1.54, 1.807) is 5.57 Å². The minimum Gasteiger partial charge on any atom is -0.396 e. The molecule has 0 aromatic rings. The Kier molecular flexibility index (Phi) is 7.22. The fourth-order valence-corrected chi connectivity index (χ4v) is 6.42. The third-order valence-corrected chi connectivity index (χ3v) is 8.09. The van der Waals surface area contributed by atoms with Gasteiger partial charge in [0.25, 0.3) is 0 Å². The van der Waals surface area contributed by atoms with E-state index in [4.69, 9.17) is 5.11 Å².